The van der Waals surface area contributed by atoms with E-state index in [2.05, 4.69) is 15.1 Å². The number of rotatable bonds is 5. The second-order valence-corrected chi connectivity index (χ2v) is 7.05. The van der Waals surface area contributed by atoms with Crippen LogP contribution in [-0.4, -0.2) is 20.3 Å². The molecule has 0 bridgehead atoms. The highest BCUT2D eigenvalue weighted by Gasteiger charge is 2.18. The molecule has 0 radical (unpaired) electrons. The van der Waals surface area contributed by atoms with Crippen LogP contribution in [0.2, 0.25) is 0 Å². The number of carbonyl (C=O) groups is 1. The summed E-state index contributed by atoms with van der Waals surface area (Å²) >= 11 is 1.46. The number of aromatic nitrogens is 3. The summed E-state index contributed by atoms with van der Waals surface area (Å²) in [6.07, 6.45) is 10.9. The maximum Gasteiger partial charge on any atom is 0.263 e. The second-order valence-electron chi connectivity index (χ2n) is 6.13. The summed E-state index contributed by atoms with van der Waals surface area (Å²) in [6.45, 7) is 0.460. The molecule has 0 atom stereocenters. The first-order valence-electron chi connectivity index (χ1n) is 8.34. The van der Waals surface area contributed by atoms with E-state index in [9.17, 15) is 4.79 Å². The van der Waals surface area contributed by atoms with Crippen molar-refractivity contribution in [2.24, 2.45) is 0 Å². The van der Waals surface area contributed by atoms with Crippen molar-refractivity contribution in [3.63, 3.8) is 0 Å². The summed E-state index contributed by atoms with van der Waals surface area (Å²) in [6, 6.07) is 8.41. The molecule has 1 fully saturated rings. The maximum atomic E-state index is 12.5. The van der Waals surface area contributed by atoms with Crippen LogP contribution in [0.4, 0.5) is 0 Å². The fourth-order valence-electron chi connectivity index (χ4n) is 3.27. The van der Waals surface area contributed by atoms with E-state index in [0.717, 1.165) is 16.3 Å². The molecule has 0 unspecified atom stereocenters. The van der Waals surface area contributed by atoms with Crippen molar-refractivity contribution >= 4 is 17.2 Å². The third kappa shape index (κ3) is 3.01. The lowest BCUT2D eigenvalue weighted by Gasteiger charge is -2.09. The molecule has 0 spiro atoms. The van der Waals surface area contributed by atoms with Crippen LogP contribution in [0.3, 0.4) is 0 Å². The molecule has 24 heavy (non-hydrogen) atoms. The van der Waals surface area contributed by atoms with Gasteiger partial charge < -0.3 is 9.88 Å². The Morgan fingerprint density at radius 1 is 1.21 bits per heavy atom. The molecular weight excluding hydrogens is 320 g/mol. The fourth-order valence-corrected chi connectivity index (χ4v) is 4.07. The molecule has 4 rings (SSSR count). The van der Waals surface area contributed by atoms with Crippen molar-refractivity contribution in [3.05, 3.63) is 58.8 Å². The molecule has 0 aromatic carbocycles. The third-order valence-electron chi connectivity index (χ3n) is 4.53. The topological polar surface area (TPSA) is 51.9 Å². The molecule has 124 valence electrons. The van der Waals surface area contributed by atoms with E-state index in [-0.39, 0.29) is 5.91 Å². The average Bonchev–Trinajstić information content (AvgIpc) is 3.40. The highest BCUT2D eigenvalue weighted by Crippen LogP contribution is 2.28. The zero-order valence-electron chi connectivity index (χ0n) is 13.4. The van der Waals surface area contributed by atoms with E-state index in [1.54, 1.807) is 0 Å². The van der Waals surface area contributed by atoms with Gasteiger partial charge in [0.15, 0.2) is 0 Å². The SMILES string of the molecule is O=C(NCc1ccn(C2CCCC2)n1)c1sccc1-n1cccc1. The van der Waals surface area contributed by atoms with E-state index in [1.165, 1.54) is 37.0 Å². The van der Waals surface area contributed by atoms with Crippen LogP contribution in [-0.2, 0) is 6.54 Å². The molecule has 1 amide bonds. The highest BCUT2D eigenvalue weighted by atomic mass is 32.1. The Bertz CT molecular complexity index is 812. The van der Waals surface area contributed by atoms with Crippen molar-refractivity contribution in [2.45, 2.75) is 38.3 Å². The van der Waals surface area contributed by atoms with E-state index < -0.39 is 0 Å². The van der Waals surface area contributed by atoms with Gasteiger partial charge in [0, 0.05) is 18.6 Å². The second kappa shape index (κ2) is 6.65. The minimum atomic E-state index is -0.0517. The van der Waals surface area contributed by atoms with Gasteiger partial charge in [0.05, 0.1) is 24.0 Å². The van der Waals surface area contributed by atoms with Crippen LogP contribution >= 0.6 is 11.3 Å². The lowest BCUT2D eigenvalue weighted by molar-refractivity contribution is 0.0954. The van der Waals surface area contributed by atoms with E-state index in [4.69, 9.17) is 0 Å². The fraction of sp³-hybridized carbons (Fsp3) is 0.333. The highest BCUT2D eigenvalue weighted by molar-refractivity contribution is 7.12. The smallest absolute Gasteiger partial charge is 0.263 e. The Hall–Kier alpha value is -2.34. The molecule has 1 saturated carbocycles. The summed E-state index contributed by atoms with van der Waals surface area (Å²) in [4.78, 5) is 13.2. The molecule has 1 N–H and O–H groups in total. The van der Waals surface area contributed by atoms with Gasteiger partial charge in [-0.05, 0) is 42.5 Å². The van der Waals surface area contributed by atoms with Gasteiger partial charge >= 0.3 is 0 Å². The largest absolute Gasteiger partial charge is 0.346 e. The molecule has 1 aliphatic rings. The van der Waals surface area contributed by atoms with Gasteiger partial charge in [0.2, 0.25) is 0 Å². The van der Waals surface area contributed by atoms with Crippen LogP contribution in [0.1, 0.15) is 47.1 Å². The summed E-state index contributed by atoms with van der Waals surface area (Å²) in [5.41, 5.74) is 1.83. The number of hydrogen-bond acceptors (Lipinski definition) is 3. The molecule has 1 aliphatic carbocycles. The molecule has 0 saturated heterocycles. The van der Waals surface area contributed by atoms with Crippen LogP contribution in [0.25, 0.3) is 5.69 Å². The predicted octanol–water partition coefficient (Wildman–Crippen LogP) is 3.78. The third-order valence-corrected chi connectivity index (χ3v) is 5.43. The van der Waals surface area contributed by atoms with Crippen molar-refractivity contribution in [2.75, 3.05) is 0 Å². The minimum absolute atomic E-state index is 0.0517. The van der Waals surface area contributed by atoms with Gasteiger partial charge in [-0.25, -0.2) is 0 Å². The summed E-state index contributed by atoms with van der Waals surface area (Å²) in [7, 11) is 0. The number of carbonyl (C=O) groups excluding carboxylic acids is 1. The number of thiophene rings is 1. The van der Waals surface area contributed by atoms with E-state index >= 15 is 0 Å². The monoisotopic (exact) mass is 340 g/mol. The lowest BCUT2D eigenvalue weighted by atomic mass is 10.3. The summed E-state index contributed by atoms with van der Waals surface area (Å²) in [5.74, 6) is -0.0517. The summed E-state index contributed by atoms with van der Waals surface area (Å²) < 4.78 is 4.02. The van der Waals surface area contributed by atoms with Crippen molar-refractivity contribution in [3.8, 4) is 5.69 Å². The summed E-state index contributed by atoms with van der Waals surface area (Å²) in [5, 5.41) is 9.55. The Morgan fingerprint density at radius 3 is 2.79 bits per heavy atom. The first kappa shape index (κ1) is 15.2. The number of hydrogen-bond donors (Lipinski definition) is 1. The van der Waals surface area contributed by atoms with Gasteiger partial charge in [-0.3, -0.25) is 9.48 Å². The molecule has 6 heteroatoms. The quantitative estimate of drug-likeness (QED) is 0.768. The molecular formula is C18H20N4OS. The van der Waals surface area contributed by atoms with Gasteiger partial charge in [0.25, 0.3) is 5.91 Å². The Morgan fingerprint density at radius 2 is 2.00 bits per heavy atom. The molecule has 5 nitrogen and oxygen atoms in total. The molecule has 0 aliphatic heterocycles. The predicted molar refractivity (Wildman–Crippen MR) is 94.5 cm³/mol. The van der Waals surface area contributed by atoms with Gasteiger partial charge in [-0.1, -0.05) is 12.8 Å². The lowest BCUT2D eigenvalue weighted by Crippen LogP contribution is -2.23. The standard InChI is InChI=1S/C18H20N4OS/c23-18(17-16(8-12-24-17)21-9-3-4-10-21)19-13-14-7-11-22(20-14)15-5-1-2-6-15/h3-4,7-12,15H,1-2,5-6,13H2,(H,19,23). The number of amides is 1. The Labute approximate surface area is 144 Å². The Kier molecular flexibility index (Phi) is 4.21. The molecule has 3 heterocycles. The van der Waals surface area contributed by atoms with Crippen molar-refractivity contribution < 1.29 is 4.79 Å². The van der Waals surface area contributed by atoms with E-state index in [1.807, 2.05) is 52.8 Å². The van der Waals surface area contributed by atoms with Crippen LogP contribution < -0.4 is 5.32 Å². The van der Waals surface area contributed by atoms with Crippen molar-refractivity contribution in [1.29, 1.82) is 0 Å². The molecule has 3 aromatic heterocycles. The first-order chi connectivity index (χ1) is 11.8. The van der Waals surface area contributed by atoms with Crippen LogP contribution in [0, 0.1) is 0 Å². The Balaban J connectivity index is 1.41. The van der Waals surface area contributed by atoms with E-state index in [0.29, 0.717) is 12.6 Å². The number of nitrogens with zero attached hydrogens (tertiary/aromatic N) is 3. The maximum absolute atomic E-state index is 12.5. The average molecular weight is 340 g/mol. The van der Waals surface area contributed by atoms with Gasteiger partial charge in [-0.2, -0.15) is 5.10 Å². The minimum Gasteiger partial charge on any atom is -0.346 e. The zero-order chi connectivity index (χ0) is 16.4. The molecule has 3 aromatic rings. The van der Waals surface area contributed by atoms with Crippen LogP contribution in [0.15, 0.2) is 48.2 Å². The van der Waals surface area contributed by atoms with Gasteiger partial charge in [0.1, 0.15) is 4.88 Å². The van der Waals surface area contributed by atoms with Crippen LogP contribution in [0.5, 0.6) is 0 Å². The first-order valence-corrected chi connectivity index (χ1v) is 9.22. The van der Waals surface area contributed by atoms with Crippen molar-refractivity contribution in [1.82, 2.24) is 19.7 Å². The zero-order valence-corrected chi connectivity index (χ0v) is 14.2. The normalized spacial score (nSPS) is 15.0. The number of nitrogens with one attached hydrogen (secondary N) is 1. The van der Waals surface area contributed by atoms with Gasteiger partial charge in [-0.15, -0.1) is 11.3 Å².